The maximum absolute atomic E-state index is 6.09. The predicted molar refractivity (Wildman–Crippen MR) is 73.2 cm³/mol. The van der Waals surface area contributed by atoms with E-state index in [9.17, 15) is 0 Å². The zero-order chi connectivity index (χ0) is 14.4. The minimum Gasteiger partial charge on any atom is -0.454 e. The fourth-order valence-electron chi connectivity index (χ4n) is 2.05. The molecule has 1 aliphatic rings. The number of fused-ring (bicyclic) bond motifs is 2. The number of hydrogen-bond donors (Lipinski definition) is 0. The molecule has 1 aliphatic heterocycles. The molecule has 0 N–H and O–H groups in total. The van der Waals surface area contributed by atoms with Crippen LogP contribution in [0.2, 0.25) is 5.15 Å². The quantitative estimate of drug-likeness (QED) is 0.678. The summed E-state index contributed by atoms with van der Waals surface area (Å²) < 4.78 is 18.0. The lowest BCUT2D eigenvalue weighted by atomic mass is 10.3. The highest BCUT2D eigenvalue weighted by Crippen LogP contribution is 2.37. The van der Waals surface area contributed by atoms with Gasteiger partial charge in [0.2, 0.25) is 12.7 Å². The van der Waals surface area contributed by atoms with Crippen molar-refractivity contribution in [3.63, 3.8) is 0 Å². The Labute approximate surface area is 124 Å². The molecule has 1 aromatic carbocycles. The van der Waals surface area contributed by atoms with E-state index in [-0.39, 0.29) is 6.79 Å². The molecule has 0 aliphatic carbocycles. The number of hydrogen-bond acceptors (Lipinski definition) is 6. The molecule has 0 unspecified atom stereocenters. The first-order chi connectivity index (χ1) is 10.2. The number of nitrogens with zero attached hydrogens (tertiary/aromatic N) is 4. The number of ether oxygens (including phenoxy) is 3. The largest absolute Gasteiger partial charge is 0.454 e. The lowest BCUT2D eigenvalue weighted by Gasteiger charge is -2.10. The second-order valence-electron chi connectivity index (χ2n) is 4.42. The Morgan fingerprint density at radius 1 is 1.29 bits per heavy atom. The molecule has 106 valence electrons. The number of rotatable bonds is 2. The summed E-state index contributed by atoms with van der Waals surface area (Å²) in [6.45, 7) is 2.02. The average Bonchev–Trinajstić information content (AvgIpc) is 3.11. The predicted octanol–water partition coefficient (Wildman–Crippen LogP) is 2.61. The summed E-state index contributed by atoms with van der Waals surface area (Å²) in [5.41, 5.74) is 0.673. The summed E-state index contributed by atoms with van der Waals surface area (Å²) in [6, 6.07) is 5.32. The van der Waals surface area contributed by atoms with Crippen molar-refractivity contribution in [1.29, 1.82) is 0 Å². The van der Waals surface area contributed by atoms with Crippen LogP contribution in [0.5, 0.6) is 23.1 Å². The molecule has 0 atom stereocenters. The summed E-state index contributed by atoms with van der Waals surface area (Å²) in [4.78, 5) is 8.14. The molecule has 3 heterocycles. The van der Waals surface area contributed by atoms with Gasteiger partial charge in [-0.05, 0) is 19.1 Å². The highest BCUT2D eigenvalue weighted by Gasteiger charge is 2.17. The highest BCUT2D eigenvalue weighted by molar-refractivity contribution is 6.30. The zero-order valence-corrected chi connectivity index (χ0v) is 11.7. The van der Waals surface area contributed by atoms with E-state index in [0.29, 0.717) is 39.6 Å². The molecule has 0 radical (unpaired) electrons. The van der Waals surface area contributed by atoms with Crippen molar-refractivity contribution >= 4 is 17.4 Å². The third-order valence-electron chi connectivity index (χ3n) is 3.11. The van der Waals surface area contributed by atoms with Crippen LogP contribution in [0.3, 0.4) is 0 Å². The van der Waals surface area contributed by atoms with Gasteiger partial charge in [-0.2, -0.15) is 19.6 Å². The molecule has 4 rings (SSSR count). The molecule has 7 nitrogen and oxygen atoms in total. The van der Waals surface area contributed by atoms with E-state index >= 15 is 0 Å². The van der Waals surface area contributed by atoms with Crippen LogP contribution in [0.15, 0.2) is 24.5 Å². The second kappa shape index (κ2) is 4.49. The average molecular weight is 305 g/mol. The van der Waals surface area contributed by atoms with E-state index < -0.39 is 0 Å². The normalized spacial score (nSPS) is 12.9. The van der Waals surface area contributed by atoms with E-state index in [1.54, 1.807) is 25.1 Å². The van der Waals surface area contributed by atoms with Crippen molar-refractivity contribution in [3.8, 4) is 23.1 Å². The maximum Gasteiger partial charge on any atom is 0.256 e. The van der Waals surface area contributed by atoms with Crippen molar-refractivity contribution in [2.75, 3.05) is 6.79 Å². The minimum atomic E-state index is 0.215. The molecule has 0 saturated carbocycles. The Morgan fingerprint density at radius 3 is 3.05 bits per heavy atom. The summed E-state index contributed by atoms with van der Waals surface area (Å²) in [5.74, 6) is 2.75. The summed E-state index contributed by atoms with van der Waals surface area (Å²) in [7, 11) is 0. The molecule has 2 aromatic heterocycles. The van der Waals surface area contributed by atoms with Gasteiger partial charge >= 0.3 is 0 Å². The molecule has 0 amide bonds. The van der Waals surface area contributed by atoms with Gasteiger partial charge < -0.3 is 14.2 Å². The highest BCUT2D eigenvalue weighted by atomic mass is 35.5. The lowest BCUT2D eigenvalue weighted by molar-refractivity contribution is 0.174. The van der Waals surface area contributed by atoms with Crippen LogP contribution in [0.4, 0.5) is 0 Å². The first-order valence-electron chi connectivity index (χ1n) is 6.16. The third-order valence-corrected chi connectivity index (χ3v) is 3.48. The van der Waals surface area contributed by atoms with Gasteiger partial charge in [0, 0.05) is 11.6 Å². The lowest BCUT2D eigenvalue weighted by Crippen LogP contribution is -2.01. The number of aromatic nitrogens is 4. The van der Waals surface area contributed by atoms with Gasteiger partial charge in [0.05, 0.1) is 0 Å². The summed E-state index contributed by atoms with van der Waals surface area (Å²) in [6.07, 6.45) is 1.39. The van der Waals surface area contributed by atoms with E-state index in [1.807, 2.05) is 0 Å². The van der Waals surface area contributed by atoms with Crippen LogP contribution in [-0.4, -0.2) is 26.4 Å². The summed E-state index contributed by atoms with van der Waals surface area (Å²) >= 11 is 6.09. The van der Waals surface area contributed by atoms with E-state index in [0.717, 1.165) is 0 Å². The van der Waals surface area contributed by atoms with Crippen LogP contribution in [0.25, 0.3) is 5.78 Å². The molecule has 21 heavy (non-hydrogen) atoms. The van der Waals surface area contributed by atoms with Crippen LogP contribution < -0.4 is 14.2 Å². The molecular weight excluding hydrogens is 296 g/mol. The standard InChI is InChI=1S/C13H9ClN4O3/c1-7-11(14)17-13-15-5-16-18(13)12(7)21-8-2-3-9-10(4-8)20-6-19-9/h2-5H,6H2,1H3. The Morgan fingerprint density at radius 2 is 2.14 bits per heavy atom. The monoisotopic (exact) mass is 304 g/mol. The number of benzene rings is 1. The van der Waals surface area contributed by atoms with Crippen molar-refractivity contribution < 1.29 is 14.2 Å². The van der Waals surface area contributed by atoms with Gasteiger partial charge in [-0.3, -0.25) is 0 Å². The van der Waals surface area contributed by atoms with Gasteiger partial charge in [-0.1, -0.05) is 11.6 Å². The Balaban J connectivity index is 1.80. The van der Waals surface area contributed by atoms with Gasteiger partial charge in [0.1, 0.15) is 17.2 Å². The van der Waals surface area contributed by atoms with Crippen LogP contribution in [0.1, 0.15) is 5.56 Å². The van der Waals surface area contributed by atoms with Gasteiger partial charge in [0.15, 0.2) is 11.5 Å². The van der Waals surface area contributed by atoms with Crippen LogP contribution in [0, 0.1) is 6.92 Å². The molecular formula is C13H9ClN4O3. The topological polar surface area (TPSA) is 70.8 Å². The third kappa shape index (κ3) is 1.93. The van der Waals surface area contributed by atoms with Crippen LogP contribution in [-0.2, 0) is 0 Å². The molecule has 0 spiro atoms. The Bertz CT molecular complexity index is 849. The molecule has 3 aromatic rings. The Kier molecular flexibility index (Phi) is 2.61. The maximum atomic E-state index is 6.09. The zero-order valence-electron chi connectivity index (χ0n) is 10.9. The SMILES string of the molecule is Cc1c(Cl)nc2ncnn2c1Oc1ccc2c(c1)OCO2. The first kappa shape index (κ1) is 12.2. The minimum absolute atomic E-state index is 0.215. The Hall–Kier alpha value is -2.54. The summed E-state index contributed by atoms with van der Waals surface area (Å²) in [5, 5.41) is 4.42. The molecule has 0 bridgehead atoms. The second-order valence-corrected chi connectivity index (χ2v) is 4.78. The van der Waals surface area contributed by atoms with Gasteiger partial charge in [0.25, 0.3) is 5.78 Å². The molecule has 0 fully saturated rings. The van der Waals surface area contributed by atoms with E-state index in [1.165, 1.54) is 10.8 Å². The van der Waals surface area contributed by atoms with Crippen molar-refractivity contribution in [1.82, 2.24) is 19.6 Å². The number of halogens is 1. The first-order valence-corrected chi connectivity index (χ1v) is 6.53. The van der Waals surface area contributed by atoms with Gasteiger partial charge in [-0.15, -0.1) is 0 Å². The van der Waals surface area contributed by atoms with Gasteiger partial charge in [-0.25, -0.2) is 0 Å². The fourth-order valence-corrected chi connectivity index (χ4v) is 2.20. The smallest absolute Gasteiger partial charge is 0.256 e. The van der Waals surface area contributed by atoms with E-state index in [2.05, 4.69) is 15.1 Å². The van der Waals surface area contributed by atoms with E-state index in [4.69, 9.17) is 25.8 Å². The van der Waals surface area contributed by atoms with Crippen molar-refractivity contribution in [2.24, 2.45) is 0 Å². The van der Waals surface area contributed by atoms with Crippen LogP contribution >= 0.6 is 11.6 Å². The molecule has 8 heteroatoms. The fraction of sp³-hybridized carbons (Fsp3) is 0.154. The van der Waals surface area contributed by atoms with Crippen molar-refractivity contribution in [3.05, 3.63) is 35.2 Å². The van der Waals surface area contributed by atoms with Crippen molar-refractivity contribution in [2.45, 2.75) is 6.92 Å². The molecule has 0 saturated heterocycles.